The van der Waals surface area contributed by atoms with Crippen LogP contribution in [0.25, 0.3) is 0 Å². The standard InChI is InChI=1S/C22H25NO6/c1-21-10-7-11-23(13-14-8-5-4-6-9-14)22(21)17(20(26)28-3)16(19(25)27-2)18(29-22)15(24)12-21/h4-6,8-9,18H,7,10-13H2,1-3H3/t18-,21?,22-/m0/s1. The van der Waals surface area contributed by atoms with Gasteiger partial charge in [0, 0.05) is 24.9 Å². The van der Waals surface area contributed by atoms with E-state index in [9.17, 15) is 14.4 Å². The molecule has 7 heteroatoms. The number of hydrogen-bond acceptors (Lipinski definition) is 7. The van der Waals surface area contributed by atoms with Crippen LogP contribution in [0.4, 0.5) is 0 Å². The molecule has 2 bridgehead atoms. The van der Waals surface area contributed by atoms with Gasteiger partial charge in [-0.15, -0.1) is 0 Å². The van der Waals surface area contributed by atoms with Gasteiger partial charge in [-0.05, 0) is 18.4 Å². The number of piperidine rings is 1. The Bertz CT molecular complexity index is 894. The van der Waals surface area contributed by atoms with Gasteiger partial charge < -0.3 is 14.2 Å². The fourth-order valence-electron chi connectivity index (χ4n) is 5.22. The molecule has 2 fully saturated rings. The zero-order valence-corrected chi connectivity index (χ0v) is 16.9. The highest BCUT2D eigenvalue weighted by atomic mass is 16.6. The first-order valence-corrected chi connectivity index (χ1v) is 9.79. The zero-order chi connectivity index (χ0) is 20.8. The van der Waals surface area contributed by atoms with E-state index in [2.05, 4.69) is 4.90 Å². The van der Waals surface area contributed by atoms with E-state index in [0.717, 1.165) is 12.0 Å². The summed E-state index contributed by atoms with van der Waals surface area (Å²) in [6.45, 7) is 3.15. The summed E-state index contributed by atoms with van der Waals surface area (Å²) in [7, 11) is 2.50. The van der Waals surface area contributed by atoms with Crippen LogP contribution in [0.3, 0.4) is 0 Å². The molecule has 4 rings (SSSR count). The molecule has 3 aliphatic rings. The quantitative estimate of drug-likeness (QED) is 0.716. The lowest BCUT2D eigenvalue weighted by Gasteiger charge is -2.57. The van der Waals surface area contributed by atoms with Crippen LogP contribution in [0.5, 0.6) is 0 Å². The van der Waals surface area contributed by atoms with E-state index in [4.69, 9.17) is 14.2 Å². The molecule has 3 aliphatic heterocycles. The topological polar surface area (TPSA) is 82.1 Å². The lowest BCUT2D eigenvalue weighted by molar-refractivity contribution is -0.244. The summed E-state index contributed by atoms with van der Waals surface area (Å²) in [5.74, 6) is -1.59. The molecule has 0 N–H and O–H groups in total. The molecule has 29 heavy (non-hydrogen) atoms. The third-order valence-electron chi connectivity index (χ3n) is 6.45. The zero-order valence-electron chi connectivity index (χ0n) is 16.9. The number of ketones is 1. The fraction of sp³-hybridized carbons (Fsp3) is 0.500. The lowest BCUT2D eigenvalue weighted by atomic mass is 9.65. The number of carbonyl (C=O) groups excluding carboxylic acids is 3. The molecule has 0 amide bonds. The summed E-state index contributed by atoms with van der Waals surface area (Å²) in [6, 6.07) is 9.86. The molecule has 0 saturated carbocycles. The van der Waals surface area contributed by atoms with Crippen molar-refractivity contribution in [3.63, 3.8) is 0 Å². The number of fused-ring (bicyclic) bond motifs is 1. The number of carbonyl (C=O) groups is 3. The Morgan fingerprint density at radius 1 is 1.17 bits per heavy atom. The van der Waals surface area contributed by atoms with Crippen molar-refractivity contribution in [1.29, 1.82) is 0 Å². The summed E-state index contributed by atoms with van der Waals surface area (Å²) in [5.41, 5.74) is -0.726. The maximum absolute atomic E-state index is 13.0. The van der Waals surface area contributed by atoms with Crippen molar-refractivity contribution < 1.29 is 28.6 Å². The Morgan fingerprint density at radius 2 is 1.86 bits per heavy atom. The van der Waals surface area contributed by atoms with Gasteiger partial charge in [0.2, 0.25) is 0 Å². The van der Waals surface area contributed by atoms with E-state index in [1.54, 1.807) is 0 Å². The Kier molecular flexibility index (Phi) is 4.83. The molecule has 0 aromatic heterocycles. The van der Waals surface area contributed by atoms with Crippen LogP contribution in [-0.2, 0) is 35.1 Å². The second kappa shape index (κ2) is 7.07. The Labute approximate surface area is 169 Å². The van der Waals surface area contributed by atoms with Crippen molar-refractivity contribution in [3.8, 4) is 0 Å². The number of Topliss-reactive ketones (excluding diaryl/α,β-unsaturated/α-hetero) is 1. The predicted octanol–water partition coefficient (Wildman–Crippen LogP) is 2.00. The molecule has 0 aliphatic carbocycles. The van der Waals surface area contributed by atoms with Crippen LogP contribution >= 0.6 is 0 Å². The van der Waals surface area contributed by atoms with E-state index in [0.29, 0.717) is 19.5 Å². The highest BCUT2D eigenvalue weighted by molar-refractivity contribution is 6.10. The first-order valence-electron chi connectivity index (χ1n) is 9.79. The maximum Gasteiger partial charge on any atom is 0.338 e. The summed E-state index contributed by atoms with van der Waals surface area (Å²) < 4.78 is 16.4. The van der Waals surface area contributed by atoms with Crippen LogP contribution in [0, 0.1) is 5.41 Å². The third kappa shape index (κ3) is 2.75. The molecule has 1 aromatic carbocycles. The Morgan fingerprint density at radius 3 is 2.52 bits per heavy atom. The van der Waals surface area contributed by atoms with Gasteiger partial charge in [-0.2, -0.15) is 0 Å². The summed E-state index contributed by atoms with van der Waals surface area (Å²) in [4.78, 5) is 40.6. The van der Waals surface area contributed by atoms with Crippen LogP contribution in [0.15, 0.2) is 41.5 Å². The monoisotopic (exact) mass is 399 g/mol. The number of esters is 2. The normalized spacial score (nSPS) is 31.4. The van der Waals surface area contributed by atoms with Gasteiger partial charge in [0.1, 0.15) is 0 Å². The fourth-order valence-corrected chi connectivity index (χ4v) is 5.22. The van der Waals surface area contributed by atoms with Gasteiger partial charge in [0.25, 0.3) is 0 Å². The minimum absolute atomic E-state index is 0.0203. The number of rotatable bonds is 4. The van der Waals surface area contributed by atoms with E-state index >= 15 is 0 Å². The van der Waals surface area contributed by atoms with Crippen LogP contribution < -0.4 is 0 Å². The van der Waals surface area contributed by atoms with Gasteiger partial charge in [-0.25, -0.2) is 9.59 Å². The van der Waals surface area contributed by atoms with E-state index in [1.807, 2.05) is 37.3 Å². The molecular weight excluding hydrogens is 374 g/mol. The van der Waals surface area contributed by atoms with E-state index in [-0.39, 0.29) is 23.4 Å². The van der Waals surface area contributed by atoms with Crippen LogP contribution in [-0.4, -0.2) is 55.2 Å². The van der Waals surface area contributed by atoms with Crippen LogP contribution in [0.2, 0.25) is 0 Å². The average Bonchev–Trinajstić information content (AvgIpc) is 3.05. The van der Waals surface area contributed by atoms with Crippen molar-refractivity contribution in [2.24, 2.45) is 5.41 Å². The van der Waals surface area contributed by atoms with Gasteiger partial charge in [-0.1, -0.05) is 37.3 Å². The highest BCUT2D eigenvalue weighted by Gasteiger charge is 2.70. The average molecular weight is 399 g/mol. The number of nitrogens with zero attached hydrogens (tertiary/aromatic N) is 1. The first-order chi connectivity index (χ1) is 13.9. The second-order valence-corrected chi connectivity index (χ2v) is 8.13. The maximum atomic E-state index is 13.0. The number of ether oxygens (including phenoxy) is 3. The molecule has 1 unspecified atom stereocenters. The van der Waals surface area contributed by atoms with Crippen molar-refractivity contribution in [1.82, 2.24) is 4.90 Å². The number of hydrogen-bond donors (Lipinski definition) is 0. The van der Waals surface area contributed by atoms with Crippen molar-refractivity contribution in [2.45, 2.75) is 44.6 Å². The first kappa shape index (κ1) is 19.8. The molecule has 3 heterocycles. The molecule has 0 radical (unpaired) electrons. The Balaban J connectivity index is 1.92. The smallest absolute Gasteiger partial charge is 0.338 e. The van der Waals surface area contributed by atoms with E-state index < -0.39 is 29.2 Å². The lowest BCUT2D eigenvalue weighted by Crippen LogP contribution is -2.67. The third-order valence-corrected chi connectivity index (χ3v) is 6.45. The Hall–Kier alpha value is -2.51. The molecule has 1 aromatic rings. The van der Waals surface area contributed by atoms with Gasteiger partial charge in [0.05, 0.1) is 25.4 Å². The van der Waals surface area contributed by atoms with E-state index in [1.165, 1.54) is 14.2 Å². The highest BCUT2D eigenvalue weighted by Crippen LogP contribution is 2.60. The number of benzene rings is 1. The molecule has 7 nitrogen and oxygen atoms in total. The molecule has 3 atom stereocenters. The predicted molar refractivity (Wildman–Crippen MR) is 102 cm³/mol. The van der Waals surface area contributed by atoms with Crippen LogP contribution in [0.1, 0.15) is 31.7 Å². The summed E-state index contributed by atoms with van der Waals surface area (Å²) in [5, 5.41) is 0. The van der Waals surface area contributed by atoms with Gasteiger partial charge in [-0.3, -0.25) is 9.69 Å². The summed E-state index contributed by atoms with van der Waals surface area (Å²) >= 11 is 0. The summed E-state index contributed by atoms with van der Waals surface area (Å²) in [6.07, 6.45) is 0.672. The van der Waals surface area contributed by atoms with Crippen molar-refractivity contribution >= 4 is 17.7 Å². The van der Waals surface area contributed by atoms with Crippen molar-refractivity contribution in [2.75, 3.05) is 20.8 Å². The molecular formula is C22H25NO6. The number of methoxy groups -OCH3 is 2. The largest absolute Gasteiger partial charge is 0.466 e. The van der Waals surface area contributed by atoms with Crippen molar-refractivity contribution in [3.05, 3.63) is 47.0 Å². The van der Waals surface area contributed by atoms with Gasteiger partial charge in [0.15, 0.2) is 17.6 Å². The number of likely N-dealkylation sites (tertiary alicyclic amines) is 1. The van der Waals surface area contributed by atoms with Gasteiger partial charge >= 0.3 is 11.9 Å². The SMILES string of the molecule is COC(=O)C1=C(C(=O)OC)[C@]23O[C@H]1C(=O)CC2(C)CCCN3Cc1ccccc1. The molecule has 1 spiro atoms. The minimum atomic E-state index is -1.21. The molecule has 154 valence electrons. The molecule has 2 saturated heterocycles. The second-order valence-electron chi connectivity index (χ2n) is 8.13. The minimum Gasteiger partial charge on any atom is -0.466 e.